The van der Waals surface area contributed by atoms with Crippen molar-refractivity contribution in [2.24, 2.45) is 0 Å². The first-order valence-electron chi connectivity index (χ1n) is 6.63. The zero-order chi connectivity index (χ0) is 13.8. The molecule has 2 aromatic rings. The van der Waals surface area contributed by atoms with Gasteiger partial charge in [-0.15, -0.1) is 0 Å². The summed E-state index contributed by atoms with van der Waals surface area (Å²) >= 11 is 0. The van der Waals surface area contributed by atoms with Crippen LogP contribution in [-0.2, 0) is 11.2 Å². The van der Waals surface area contributed by atoms with Crippen LogP contribution in [0.15, 0.2) is 28.8 Å². The average molecular weight is 275 g/mol. The normalized spacial score (nSPS) is 18.9. The fourth-order valence-corrected chi connectivity index (χ4v) is 2.16. The van der Waals surface area contributed by atoms with Gasteiger partial charge in [0.25, 0.3) is 5.89 Å². The molecule has 1 aliphatic heterocycles. The molecule has 106 valence electrons. The van der Waals surface area contributed by atoms with Gasteiger partial charge in [-0.05, 0) is 17.7 Å². The van der Waals surface area contributed by atoms with Crippen LogP contribution in [0.4, 0.5) is 0 Å². The van der Waals surface area contributed by atoms with E-state index >= 15 is 0 Å². The van der Waals surface area contributed by atoms with Gasteiger partial charge in [0.15, 0.2) is 5.82 Å². The SMILES string of the molecule is COc1cccc(Cc2noc(C3CNCCO3)n2)c1. The van der Waals surface area contributed by atoms with Gasteiger partial charge in [0, 0.05) is 19.5 Å². The maximum atomic E-state index is 5.59. The molecule has 0 spiro atoms. The maximum Gasteiger partial charge on any atom is 0.257 e. The Morgan fingerprint density at radius 3 is 3.20 bits per heavy atom. The molecule has 1 unspecified atom stereocenters. The minimum Gasteiger partial charge on any atom is -0.497 e. The lowest BCUT2D eigenvalue weighted by molar-refractivity contribution is 0.00755. The summed E-state index contributed by atoms with van der Waals surface area (Å²) in [5.74, 6) is 2.02. The molecule has 3 rings (SSSR count). The third kappa shape index (κ3) is 2.97. The van der Waals surface area contributed by atoms with Crippen LogP contribution >= 0.6 is 0 Å². The minimum absolute atomic E-state index is 0.143. The summed E-state index contributed by atoms with van der Waals surface area (Å²) in [5, 5.41) is 7.25. The van der Waals surface area contributed by atoms with Crippen LogP contribution in [0.1, 0.15) is 23.4 Å². The summed E-state index contributed by atoms with van der Waals surface area (Å²) in [5.41, 5.74) is 1.08. The molecular weight excluding hydrogens is 258 g/mol. The molecule has 1 aromatic heterocycles. The molecule has 1 N–H and O–H groups in total. The molecule has 1 fully saturated rings. The van der Waals surface area contributed by atoms with E-state index in [4.69, 9.17) is 14.0 Å². The Labute approximate surface area is 117 Å². The van der Waals surface area contributed by atoms with Crippen LogP contribution in [0.2, 0.25) is 0 Å². The van der Waals surface area contributed by atoms with E-state index in [0.29, 0.717) is 31.3 Å². The molecule has 1 aromatic carbocycles. The lowest BCUT2D eigenvalue weighted by atomic mass is 10.1. The molecule has 1 atom stereocenters. The molecule has 0 saturated carbocycles. The molecule has 6 heteroatoms. The highest BCUT2D eigenvalue weighted by Crippen LogP contribution is 2.19. The quantitative estimate of drug-likeness (QED) is 0.907. The second-order valence-corrected chi connectivity index (χ2v) is 4.64. The van der Waals surface area contributed by atoms with Crippen molar-refractivity contribution < 1.29 is 14.0 Å². The summed E-state index contributed by atoms with van der Waals surface area (Å²) in [6, 6.07) is 7.84. The smallest absolute Gasteiger partial charge is 0.257 e. The molecule has 0 aliphatic carbocycles. The first kappa shape index (κ1) is 13.1. The zero-order valence-corrected chi connectivity index (χ0v) is 11.3. The van der Waals surface area contributed by atoms with Gasteiger partial charge in [0.1, 0.15) is 11.9 Å². The molecule has 0 amide bonds. The topological polar surface area (TPSA) is 69.4 Å². The number of methoxy groups -OCH3 is 1. The fraction of sp³-hybridized carbons (Fsp3) is 0.429. The van der Waals surface area contributed by atoms with E-state index in [1.807, 2.05) is 24.3 Å². The fourth-order valence-electron chi connectivity index (χ4n) is 2.16. The van der Waals surface area contributed by atoms with Crippen molar-refractivity contribution in [1.82, 2.24) is 15.5 Å². The molecule has 1 aliphatic rings. The van der Waals surface area contributed by atoms with Crippen molar-refractivity contribution in [2.45, 2.75) is 12.5 Å². The molecule has 0 radical (unpaired) electrons. The molecule has 6 nitrogen and oxygen atoms in total. The van der Waals surface area contributed by atoms with Crippen LogP contribution in [0.25, 0.3) is 0 Å². The van der Waals surface area contributed by atoms with Crippen LogP contribution in [-0.4, -0.2) is 36.9 Å². The van der Waals surface area contributed by atoms with Gasteiger partial charge in [-0.25, -0.2) is 0 Å². The Kier molecular flexibility index (Phi) is 3.94. The third-order valence-electron chi connectivity index (χ3n) is 3.18. The lowest BCUT2D eigenvalue weighted by Crippen LogP contribution is -2.33. The number of ether oxygens (including phenoxy) is 2. The van der Waals surface area contributed by atoms with E-state index in [9.17, 15) is 0 Å². The Hall–Kier alpha value is -1.92. The highest BCUT2D eigenvalue weighted by Gasteiger charge is 2.22. The van der Waals surface area contributed by atoms with Crippen molar-refractivity contribution in [2.75, 3.05) is 26.8 Å². The van der Waals surface area contributed by atoms with E-state index in [0.717, 1.165) is 17.9 Å². The number of nitrogens with one attached hydrogen (secondary N) is 1. The zero-order valence-electron chi connectivity index (χ0n) is 11.3. The van der Waals surface area contributed by atoms with Gasteiger partial charge in [0.2, 0.25) is 0 Å². The van der Waals surface area contributed by atoms with Crippen LogP contribution in [0.3, 0.4) is 0 Å². The summed E-state index contributed by atoms with van der Waals surface area (Å²) in [6.45, 7) is 2.24. The van der Waals surface area contributed by atoms with Gasteiger partial charge in [0.05, 0.1) is 13.7 Å². The second kappa shape index (κ2) is 6.02. The molecular formula is C14H17N3O3. The number of aromatic nitrogens is 2. The van der Waals surface area contributed by atoms with Crippen molar-refractivity contribution >= 4 is 0 Å². The number of morpholine rings is 1. The number of benzene rings is 1. The van der Waals surface area contributed by atoms with E-state index in [1.165, 1.54) is 0 Å². The largest absolute Gasteiger partial charge is 0.497 e. The predicted octanol–water partition coefficient (Wildman–Crippen LogP) is 1.33. The average Bonchev–Trinajstić information content (AvgIpc) is 2.97. The molecule has 1 saturated heterocycles. The van der Waals surface area contributed by atoms with Crippen LogP contribution < -0.4 is 10.1 Å². The second-order valence-electron chi connectivity index (χ2n) is 4.64. The Morgan fingerprint density at radius 2 is 2.40 bits per heavy atom. The summed E-state index contributed by atoms with van der Waals surface area (Å²) in [6.07, 6.45) is 0.469. The van der Waals surface area contributed by atoms with Gasteiger partial charge < -0.3 is 19.3 Å². The summed E-state index contributed by atoms with van der Waals surface area (Å²) < 4.78 is 16.1. The predicted molar refractivity (Wildman–Crippen MR) is 71.7 cm³/mol. The van der Waals surface area contributed by atoms with Gasteiger partial charge >= 0.3 is 0 Å². The van der Waals surface area contributed by atoms with E-state index in [2.05, 4.69) is 15.5 Å². The first-order chi connectivity index (χ1) is 9.85. The summed E-state index contributed by atoms with van der Waals surface area (Å²) in [7, 11) is 1.65. The van der Waals surface area contributed by atoms with Crippen molar-refractivity contribution in [3.05, 3.63) is 41.5 Å². The highest BCUT2D eigenvalue weighted by molar-refractivity contribution is 5.30. The summed E-state index contributed by atoms with van der Waals surface area (Å²) in [4.78, 5) is 4.40. The van der Waals surface area contributed by atoms with Gasteiger partial charge in [-0.2, -0.15) is 4.98 Å². The highest BCUT2D eigenvalue weighted by atomic mass is 16.5. The van der Waals surface area contributed by atoms with Crippen LogP contribution in [0, 0.1) is 0 Å². The number of hydrogen-bond donors (Lipinski definition) is 1. The number of rotatable bonds is 4. The number of hydrogen-bond acceptors (Lipinski definition) is 6. The molecule has 0 bridgehead atoms. The Balaban J connectivity index is 1.70. The standard InChI is InChI=1S/C14H17N3O3/c1-18-11-4-2-3-10(7-11)8-13-16-14(20-17-13)12-9-15-5-6-19-12/h2-4,7,12,15H,5-6,8-9H2,1H3. The first-order valence-corrected chi connectivity index (χ1v) is 6.63. The Morgan fingerprint density at radius 1 is 1.45 bits per heavy atom. The monoisotopic (exact) mass is 275 g/mol. The number of nitrogens with zero attached hydrogens (tertiary/aromatic N) is 2. The molecule has 2 heterocycles. The Bertz CT molecular complexity index is 564. The van der Waals surface area contributed by atoms with Crippen molar-refractivity contribution in [3.8, 4) is 5.75 Å². The van der Waals surface area contributed by atoms with Gasteiger partial charge in [-0.1, -0.05) is 17.3 Å². The third-order valence-corrected chi connectivity index (χ3v) is 3.18. The van der Waals surface area contributed by atoms with Crippen LogP contribution in [0.5, 0.6) is 5.75 Å². The van der Waals surface area contributed by atoms with E-state index in [1.54, 1.807) is 7.11 Å². The molecule has 20 heavy (non-hydrogen) atoms. The van der Waals surface area contributed by atoms with Gasteiger partial charge in [-0.3, -0.25) is 0 Å². The van der Waals surface area contributed by atoms with E-state index < -0.39 is 0 Å². The minimum atomic E-state index is -0.143. The van der Waals surface area contributed by atoms with Crippen molar-refractivity contribution in [3.63, 3.8) is 0 Å². The van der Waals surface area contributed by atoms with Crippen molar-refractivity contribution in [1.29, 1.82) is 0 Å². The van der Waals surface area contributed by atoms with E-state index in [-0.39, 0.29) is 6.10 Å². The maximum absolute atomic E-state index is 5.59. The lowest BCUT2D eigenvalue weighted by Gasteiger charge is -2.19.